The summed E-state index contributed by atoms with van der Waals surface area (Å²) < 4.78 is 29.3. The van der Waals surface area contributed by atoms with Crippen LogP contribution < -0.4 is 4.90 Å². The fourth-order valence-electron chi connectivity index (χ4n) is 3.22. The molecule has 0 aliphatic carbocycles. The molecule has 0 saturated carbocycles. The summed E-state index contributed by atoms with van der Waals surface area (Å²) in [5.74, 6) is -0.0636. The van der Waals surface area contributed by atoms with Crippen LogP contribution in [0.25, 0.3) is 0 Å². The predicted octanol–water partition coefficient (Wildman–Crippen LogP) is 2.51. The van der Waals surface area contributed by atoms with Crippen molar-refractivity contribution >= 4 is 21.5 Å². The predicted molar refractivity (Wildman–Crippen MR) is 90.3 cm³/mol. The van der Waals surface area contributed by atoms with Gasteiger partial charge in [0.1, 0.15) is 0 Å². The maximum absolute atomic E-state index is 12.5. The molecule has 1 heterocycles. The number of para-hydroxylation sites is 1. The number of nitrogens with zero attached hydrogens (tertiary/aromatic N) is 1. The first-order chi connectivity index (χ1) is 10.7. The summed E-state index contributed by atoms with van der Waals surface area (Å²) in [4.78, 5) is 14.8. The molecule has 0 radical (unpaired) electrons. The van der Waals surface area contributed by atoms with Crippen molar-refractivity contribution in [3.05, 3.63) is 24.3 Å². The quantitative estimate of drug-likeness (QED) is 0.771. The molecule has 1 aliphatic heterocycles. The highest BCUT2D eigenvalue weighted by Gasteiger charge is 2.48. The third-order valence-electron chi connectivity index (χ3n) is 4.69. The van der Waals surface area contributed by atoms with Crippen LogP contribution in [0, 0.1) is 11.3 Å². The number of sulfone groups is 1. The van der Waals surface area contributed by atoms with E-state index in [1.165, 1.54) is 6.26 Å². The van der Waals surface area contributed by atoms with Crippen molar-refractivity contribution in [2.45, 2.75) is 32.1 Å². The van der Waals surface area contributed by atoms with E-state index in [9.17, 15) is 13.2 Å². The average molecular weight is 339 g/mol. The topological polar surface area (TPSA) is 63.7 Å². The van der Waals surface area contributed by atoms with E-state index >= 15 is 0 Å². The molecule has 23 heavy (non-hydrogen) atoms. The molecule has 2 rings (SSSR count). The average Bonchev–Trinajstić information content (AvgIpc) is 2.93. The van der Waals surface area contributed by atoms with Crippen molar-refractivity contribution < 1.29 is 17.9 Å². The van der Waals surface area contributed by atoms with Crippen LogP contribution in [0.15, 0.2) is 29.2 Å². The van der Waals surface area contributed by atoms with Crippen molar-refractivity contribution in [1.29, 1.82) is 0 Å². The maximum Gasteiger partial charge on any atom is 0.314 e. The first-order valence-corrected chi connectivity index (χ1v) is 9.83. The minimum atomic E-state index is -3.32. The first-order valence-electron chi connectivity index (χ1n) is 7.93. The van der Waals surface area contributed by atoms with E-state index < -0.39 is 15.3 Å². The zero-order chi connectivity index (χ0) is 17.3. The number of benzene rings is 1. The van der Waals surface area contributed by atoms with E-state index in [-0.39, 0.29) is 11.9 Å². The van der Waals surface area contributed by atoms with Crippen LogP contribution >= 0.6 is 0 Å². The van der Waals surface area contributed by atoms with E-state index in [1.807, 2.05) is 24.8 Å². The molecular formula is C17H25NO4S. The highest BCUT2D eigenvalue weighted by atomic mass is 32.2. The number of carbonyl (C=O) groups excluding carboxylic acids is 1. The number of carbonyl (C=O) groups is 1. The number of rotatable bonds is 5. The minimum absolute atomic E-state index is 0.122. The van der Waals surface area contributed by atoms with Gasteiger partial charge in [-0.2, -0.15) is 0 Å². The SMILES string of the molecule is CCOC(=O)[C@@]1(C(C)C)CCN(c2ccccc2S(C)(=O)=O)C1. The number of hydrogen-bond acceptors (Lipinski definition) is 5. The number of ether oxygens (including phenoxy) is 1. The summed E-state index contributed by atoms with van der Waals surface area (Å²) in [6, 6.07) is 6.96. The van der Waals surface area contributed by atoms with Crippen LogP contribution in [0.2, 0.25) is 0 Å². The van der Waals surface area contributed by atoms with Gasteiger partial charge in [0.25, 0.3) is 0 Å². The molecule has 0 bridgehead atoms. The molecule has 1 saturated heterocycles. The van der Waals surface area contributed by atoms with Crippen molar-refractivity contribution in [2.24, 2.45) is 11.3 Å². The van der Waals surface area contributed by atoms with E-state index in [0.29, 0.717) is 36.7 Å². The fraction of sp³-hybridized carbons (Fsp3) is 0.588. The van der Waals surface area contributed by atoms with Gasteiger partial charge in [0.05, 0.1) is 22.6 Å². The van der Waals surface area contributed by atoms with Gasteiger partial charge in [0.2, 0.25) is 0 Å². The van der Waals surface area contributed by atoms with Gasteiger partial charge >= 0.3 is 5.97 Å². The molecule has 0 unspecified atom stereocenters. The second-order valence-corrected chi connectivity index (χ2v) is 8.43. The largest absolute Gasteiger partial charge is 0.466 e. The molecule has 1 atom stereocenters. The molecule has 5 nitrogen and oxygen atoms in total. The van der Waals surface area contributed by atoms with Gasteiger partial charge in [-0.05, 0) is 31.4 Å². The fourth-order valence-corrected chi connectivity index (χ4v) is 4.12. The first kappa shape index (κ1) is 17.8. The Kier molecular flexibility index (Phi) is 5.04. The second-order valence-electron chi connectivity index (χ2n) is 6.44. The molecule has 128 valence electrons. The molecule has 6 heteroatoms. The molecule has 0 aromatic heterocycles. The van der Waals surface area contributed by atoms with Crippen LogP contribution in [-0.2, 0) is 19.4 Å². The zero-order valence-electron chi connectivity index (χ0n) is 14.2. The molecule has 0 N–H and O–H groups in total. The minimum Gasteiger partial charge on any atom is -0.466 e. The van der Waals surface area contributed by atoms with Gasteiger partial charge in [-0.1, -0.05) is 26.0 Å². The Hall–Kier alpha value is -1.56. The third-order valence-corrected chi connectivity index (χ3v) is 5.84. The van der Waals surface area contributed by atoms with Crippen LogP contribution in [-0.4, -0.2) is 40.3 Å². The van der Waals surface area contributed by atoms with Crippen molar-refractivity contribution in [3.63, 3.8) is 0 Å². The highest BCUT2D eigenvalue weighted by molar-refractivity contribution is 7.90. The van der Waals surface area contributed by atoms with Gasteiger partial charge in [0, 0.05) is 19.3 Å². The lowest BCUT2D eigenvalue weighted by Gasteiger charge is -2.31. The monoisotopic (exact) mass is 339 g/mol. The lowest BCUT2D eigenvalue weighted by Crippen LogP contribution is -2.40. The summed E-state index contributed by atoms with van der Waals surface area (Å²) in [6.45, 7) is 7.32. The van der Waals surface area contributed by atoms with E-state index in [1.54, 1.807) is 25.1 Å². The van der Waals surface area contributed by atoms with Crippen LogP contribution in [0.3, 0.4) is 0 Å². The van der Waals surface area contributed by atoms with Crippen molar-refractivity contribution in [1.82, 2.24) is 0 Å². The number of esters is 1. The summed E-state index contributed by atoms with van der Waals surface area (Å²) in [5.41, 5.74) is 0.0856. The Bertz CT molecular complexity index is 684. The van der Waals surface area contributed by atoms with E-state index in [4.69, 9.17) is 4.74 Å². The third kappa shape index (κ3) is 3.37. The Balaban J connectivity index is 2.38. The van der Waals surface area contributed by atoms with Gasteiger partial charge in [-0.3, -0.25) is 4.79 Å². The number of anilines is 1. The van der Waals surface area contributed by atoms with Crippen LogP contribution in [0.4, 0.5) is 5.69 Å². The van der Waals surface area contributed by atoms with E-state index in [2.05, 4.69) is 0 Å². The second kappa shape index (κ2) is 6.51. The lowest BCUT2D eigenvalue weighted by atomic mass is 9.76. The van der Waals surface area contributed by atoms with Crippen molar-refractivity contribution in [2.75, 3.05) is 30.9 Å². The molecule has 0 spiro atoms. The molecule has 1 aromatic carbocycles. The molecular weight excluding hydrogens is 314 g/mol. The van der Waals surface area contributed by atoms with Crippen LogP contribution in [0.1, 0.15) is 27.2 Å². The smallest absolute Gasteiger partial charge is 0.314 e. The summed E-state index contributed by atoms with van der Waals surface area (Å²) in [5, 5.41) is 0. The highest BCUT2D eigenvalue weighted by Crippen LogP contribution is 2.42. The molecule has 1 aliphatic rings. The van der Waals surface area contributed by atoms with Crippen molar-refractivity contribution in [3.8, 4) is 0 Å². The van der Waals surface area contributed by atoms with Gasteiger partial charge < -0.3 is 9.64 Å². The standard InChI is InChI=1S/C17H25NO4S/c1-5-22-16(19)17(13(2)3)10-11-18(12-17)14-8-6-7-9-15(14)23(4,20)21/h6-9,13H,5,10-12H2,1-4H3/t17-/m0/s1. The maximum atomic E-state index is 12.5. The Morgan fingerprint density at radius 3 is 2.57 bits per heavy atom. The Labute approximate surface area is 138 Å². The van der Waals surface area contributed by atoms with Gasteiger partial charge in [-0.25, -0.2) is 8.42 Å². The summed E-state index contributed by atoms with van der Waals surface area (Å²) in [7, 11) is -3.32. The van der Waals surface area contributed by atoms with Gasteiger partial charge in [-0.15, -0.1) is 0 Å². The summed E-state index contributed by atoms with van der Waals surface area (Å²) >= 11 is 0. The molecule has 1 fully saturated rings. The summed E-state index contributed by atoms with van der Waals surface area (Å²) in [6.07, 6.45) is 1.88. The number of hydrogen-bond donors (Lipinski definition) is 0. The zero-order valence-corrected chi connectivity index (χ0v) is 15.0. The van der Waals surface area contributed by atoms with E-state index in [0.717, 1.165) is 0 Å². The molecule has 1 aromatic rings. The van der Waals surface area contributed by atoms with Gasteiger partial charge in [0.15, 0.2) is 9.84 Å². The van der Waals surface area contributed by atoms with Crippen LogP contribution in [0.5, 0.6) is 0 Å². The normalized spacial score (nSPS) is 21.7. The lowest BCUT2D eigenvalue weighted by molar-refractivity contribution is -0.156. The molecule has 0 amide bonds. The Morgan fingerprint density at radius 2 is 2.00 bits per heavy atom. The Morgan fingerprint density at radius 1 is 1.35 bits per heavy atom.